The zero-order chi connectivity index (χ0) is 15.1. The Morgan fingerprint density at radius 2 is 2.00 bits per heavy atom. The molecule has 5 nitrogen and oxygen atoms in total. The summed E-state index contributed by atoms with van der Waals surface area (Å²) in [6, 6.07) is 7.60. The first kappa shape index (κ1) is 16.4. The third-order valence-electron chi connectivity index (χ3n) is 2.36. The maximum atomic E-state index is 11.5. The van der Waals surface area contributed by atoms with Crippen molar-refractivity contribution in [1.29, 1.82) is 0 Å². The molecule has 2 N–H and O–H groups in total. The average molecular weight is 340 g/mol. The van der Waals surface area contributed by atoms with Crippen molar-refractivity contribution in [3.05, 3.63) is 34.3 Å². The fourth-order valence-electron chi connectivity index (χ4n) is 1.48. The van der Waals surface area contributed by atoms with Crippen molar-refractivity contribution >= 4 is 33.5 Å². The Balaban J connectivity index is 2.54. The highest BCUT2D eigenvalue weighted by molar-refractivity contribution is 9.10. The van der Waals surface area contributed by atoms with Gasteiger partial charge >= 0.3 is 0 Å². The molecule has 0 aliphatic carbocycles. The lowest BCUT2D eigenvalue weighted by Crippen LogP contribution is -2.34. The molecule has 0 aliphatic heterocycles. The maximum Gasteiger partial charge on any atom is 0.249 e. The summed E-state index contributed by atoms with van der Waals surface area (Å²) < 4.78 is 0.937. The van der Waals surface area contributed by atoms with Crippen LogP contribution in [0.25, 0.3) is 0 Å². The Kier molecular flexibility index (Phi) is 6.38. The lowest BCUT2D eigenvalue weighted by molar-refractivity contribution is -0.129. The molecule has 1 aromatic carbocycles. The number of nitrogens with one attached hydrogen (secondary N) is 2. The number of amides is 2. The summed E-state index contributed by atoms with van der Waals surface area (Å²) >= 11 is 3.37. The predicted octanol–water partition coefficient (Wildman–Crippen LogP) is 2.20. The Morgan fingerprint density at radius 3 is 2.60 bits per heavy atom. The van der Waals surface area contributed by atoms with E-state index >= 15 is 0 Å². The summed E-state index contributed by atoms with van der Waals surface area (Å²) in [5, 5.41) is 6.63. The first-order valence-electron chi connectivity index (χ1n) is 6.27. The van der Waals surface area contributed by atoms with Crippen LogP contribution in [-0.2, 0) is 9.59 Å². The first-order valence-corrected chi connectivity index (χ1v) is 7.06. The van der Waals surface area contributed by atoms with Gasteiger partial charge in [0.15, 0.2) is 0 Å². The zero-order valence-corrected chi connectivity index (χ0v) is 13.3. The number of carbonyl (C=O) groups is 2. The first-order chi connectivity index (χ1) is 9.38. The smallest absolute Gasteiger partial charge is 0.249 e. The molecule has 6 heteroatoms. The van der Waals surface area contributed by atoms with Crippen molar-refractivity contribution in [1.82, 2.24) is 10.7 Å². The molecule has 0 atom stereocenters. The number of carbonyl (C=O) groups excluding carboxylic acids is 2. The van der Waals surface area contributed by atoms with Crippen LogP contribution < -0.4 is 10.7 Å². The van der Waals surface area contributed by atoms with Crippen LogP contribution in [0.3, 0.4) is 0 Å². The molecular formula is C14H18BrN3O2. The number of halogens is 1. The maximum absolute atomic E-state index is 11.5. The lowest BCUT2D eigenvalue weighted by atomic mass is 10.1. The van der Waals surface area contributed by atoms with E-state index in [1.807, 2.05) is 38.1 Å². The summed E-state index contributed by atoms with van der Waals surface area (Å²) in [5.74, 6) is -0.745. The van der Waals surface area contributed by atoms with Gasteiger partial charge in [0.2, 0.25) is 11.8 Å². The van der Waals surface area contributed by atoms with Gasteiger partial charge in [0.05, 0.1) is 5.71 Å². The minimum Gasteiger partial charge on any atom is -0.353 e. The highest BCUT2D eigenvalue weighted by atomic mass is 79.9. The number of rotatable bonds is 5. The highest BCUT2D eigenvalue weighted by Gasteiger charge is 2.09. The van der Waals surface area contributed by atoms with Crippen molar-refractivity contribution < 1.29 is 9.59 Å². The molecule has 0 spiro atoms. The Morgan fingerprint density at radius 1 is 1.30 bits per heavy atom. The number of nitrogens with zero attached hydrogens (tertiary/aromatic N) is 1. The van der Waals surface area contributed by atoms with Crippen LogP contribution in [0.2, 0.25) is 0 Å². The summed E-state index contributed by atoms with van der Waals surface area (Å²) in [6.45, 7) is 5.47. The molecule has 0 bridgehead atoms. The summed E-state index contributed by atoms with van der Waals surface area (Å²) in [4.78, 5) is 22.9. The van der Waals surface area contributed by atoms with E-state index in [1.165, 1.54) is 0 Å². The molecular weight excluding hydrogens is 322 g/mol. The summed E-state index contributed by atoms with van der Waals surface area (Å²) in [7, 11) is 0. The van der Waals surface area contributed by atoms with Crippen LogP contribution in [0.1, 0.15) is 32.8 Å². The minimum absolute atomic E-state index is 0.0159. The molecule has 0 fully saturated rings. The fourth-order valence-corrected chi connectivity index (χ4v) is 1.88. The predicted molar refractivity (Wildman–Crippen MR) is 82.4 cm³/mol. The molecule has 108 valence electrons. The number of benzene rings is 1. The van der Waals surface area contributed by atoms with Crippen LogP contribution in [-0.4, -0.2) is 23.6 Å². The monoisotopic (exact) mass is 339 g/mol. The van der Waals surface area contributed by atoms with Gasteiger partial charge in [0.1, 0.15) is 6.42 Å². The molecule has 0 heterocycles. The van der Waals surface area contributed by atoms with Gasteiger partial charge in [-0.25, -0.2) is 5.43 Å². The number of hydrogen-bond acceptors (Lipinski definition) is 3. The van der Waals surface area contributed by atoms with Gasteiger partial charge in [-0.3, -0.25) is 9.59 Å². The molecule has 0 saturated heterocycles. The molecule has 0 saturated carbocycles. The van der Waals surface area contributed by atoms with E-state index in [9.17, 15) is 9.59 Å². The standard InChI is InChI=1S/C14H18BrN3O2/c1-9(2)16-13(19)8-14(20)18-17-10(3)11-5-4-6-12(15)7-11/h4-7,9H,8H2,1-3H3,(H,16,19)(H,18,20). The molecule has 20 heavy (non-hydrogen) atoms. The average Bonchev–Trinajstić information content (AvgIpc) is 2.34. The largest absolute Gasteiger partial charge is 0.353 e. The van der Waals surface area contributed by atoms with Crippen molar-refractivity contribution in [3.63, 3.8) is 0 Å². The fraction of sp³-hybridized carbons (Fsp3) is 0.357. The van der Waals surface area contributed by atoms with Gasteiger partial charge in [-0.05, 0) is 38.5 Å². The number of hydrogen-bond donors (Lipinski definition) is 2. The van der Waals surface area contributed by atoms with Crippen LogP contribution in [0.15, 0.2) is 33.8 Å². The van der Waals surface area contributed by atoms with E-state index in [2.05, 4.69) is 31.8 Å². The van der Waals surface area contributed by atoms with Crippen LogP contribution >= 0.6 is 15.9 Å². The second-order valence-corrected chi connectivity index (χ2v) is 5.56. The Hall–Kier alpha value is -1.69. The van der Waals surface area contributed by atoms with Crippen LogP contribution in [0.4, 0.5) is 0 Å². The topological polar surface area (TPSA) is 70.6 Å². The van der Waals surface area contributed by atoms with Gasteiger partial charge in [0.25, 0.3) is 0 Å². The molecule has 0 radical (unpaired) electrons. The second-order valence-electron chi connectivity index (χ2n) is 4.64. The van der Waals surface area contributed by atoms with E-state index in [4.69, 9.17) is 0 Å². The van der Waals surface area contributed by atoms with E-state index in [-0.39, 0.29) is 18.4 Å². The van der Waals surface area contributed by atoms with Crippen molar-refractivity contribution in [2.45, 2.75) is 33.2 Å². The SMILES string of the molecule is CC(=NNC(=O)CC(=O)NC(C)C)c1cccc(Br)c1. The minimum atomic E-state index is -0.433. The van der Waals surface area contributed by atoms with E-state index < -0.39 is 5.91 Å². The molecule has 1 rings (SSSR count). The third kappa shape index (κ3) is 5.97. The quantitative estimate of drug-likeness (QED) is 0.490. The van der Waals surface area contributed by atoms with Crippen molar-refractivity contribution in [3.8, 4) is 0 Å². The van der Waals surface area contributed by atoms with E-state index in [0.29, 0.717) is 5.71 Å². The number of hydrazone groups is 1. The molecule has 0 unspecified atom stereocenters. The van der Waals surface area contributed by atoms with Crippen LogP contribution in [0.5, 0.6) is 0 Å². The van der Waals surface area contributed by atoms with Gasteiger partial charge in [-0.1, -0.05) is 28.1 Å². The van der Waals surface area contributed by atoms with Crippen molar-refractivity contribution in [2.75, 3.05) is 0 Å². The van der Waals surface area contributed by atoms with E-state index in [0.717, 1.165) is 10.0 Å². The van der Waals surface area contributed by atoms with Gasteiger partial charge in [-0.15, -0.1) is 0 Å². The summed E-state index contributed by atoms with van der Waals surface area (Å²) in [5.41, 5.74) is 3.94. The summed E-state index contributed by atoms with van der Waals surface area (Å²) in [6.07, 6.45) is -0.229. The molecule has 0 aliphatic rings. The van der Waals surface area contributed by atoms with Gasteiger partial charge in [-0.2, -0.15) is 5.10 Å². The Labute approximate surface area is 127 Å². The molecule has 2 amide bonds. The third-order valence-corrected chi connectivity index (χ3v) is 2.85. The Bertz CT molecular complexity index is 527. The zero-order valence-electron chi connectivity index (χ0n) is 11.7. The van der Waals surface area contributed by atoms with Crippen LogP contribution in [0, 0.1) is 0 Å². The molecule has 1 aromatic rings. The normalized spacial score (nSPS) is 11.3. The second kappa shape index (κ2) is 7.79. The van der Waals surface area contributed by atoms with Crippen molar-refractivity contribution in [2.24, 2.45) is 5.10 Å². The lowest BCUT2D eigenvalue weighted by Gasteiger charge is -2.07. The highest BCUT2D eigenvalue weighted by Crippen LogP contribution is 2.12. The van der Waals surface area contributed by atoms with Gasteiger partial charge < -0.3 is 5.32 Å². The van der Waals surface area contributed by atoms with E-state index in [1.54, 1.807) is 6.92 Å². The molecule has 0 aromatic heterocycles. The van der Waals surface area contributed by atoms with Gasteiger partial charge in [0, 0.05) is 10.5 Å².